The van der Waals surface area contributed by atoms with E-state index in [2.05, 4.69) is 9.97 Å². The highest BCUT2D eigenvalue weighted by Gasteiger charge is 2.05. The molecule has 2 rings (SSSR count). The molecule has 1 N–H and O–H groups in total. The molecule has 15 heavy (non-hydrogen) atoms. The molecule has 6 heteroatoms. The summed E-state index contributed by atoms with van der Waals surface area (Å²) in [4.78, 5) is 18.3. The number of aryl methyl sites for hydroxylation is 1. The molecule has 0 aliphatic carbocycles. The zero-order valence-corrected chi connectivity index (χ0v) is 8.48. The lowest BCUT2D eigenvalue weighted by molar-refractivity contribution is -0.137. The Morgan fingerprint density at radius 2 is 2.40 bits per heavy atom. The smallest absolute Gasteiger partial charge is 0.305 e. The number of rotatable bonds is 3. The summed E-state index contributed by atoms with van der Waals surface area (Å²) >= 11 is 5.66. The first-order valence-corrected chi connectivity index (χ1v) is 4.74. The van der Waals surface area contributed by atoms with Crippen molar-refractivity contribution in [2.24, 2.45) is 0 Å². The molecule has 0 fully saturated rings. The predicted octanol–water partition coefficient (Wildman–Crippen LogP) is 1.56. The summed E-state index contributed by atoms with van der Waals surface area (Å²) in [7, 11) is 0. The van der Waals surface area contributed by atoms with Gasteiger partial charge in [0.15, 0.2) is 0 Å². The Morgan fingerprint density at radius 3 is 3.13 bits per heavy atom. The number of carboxylic acid groups (broad SMARTS) is 1. The fraction of sp³-hybridized carbons (Fsp3) is 0.222. The minimum atomic E-state index is -0.836. The first-order valence-electron chi connectivity index (χ1n) is 4.36. The third kappa shape index (κ3) is 2.07. The summed E-state index contributed by atoms with van der Waals surface area (Å²) in [5.74, 6) is -0.836. The van der Waals surface area contributed by atoms with Crippen LogP contribution < -0.4 is 0 Å². The molecule has 2 aromatic heterocycles. The molecular weight excluding hydrogens is 218 g/mol. The standard InChI is InChI=1S/C9H8ClN3O2/c10-9-11-5-6-1-3-13(8(6)12-9)4-2-7(14)15/h1,3,5H,2,4H2,(H,14,15). The van der Waals surface area contributed by atoms with E-state index in [1.54, 1.807) is 17.0 Å². The van der Waals surface area contributed by atoms with E-state index in [4.69, 9.17) is 16.7 Å². The Hall–Kier alpha value is -1.62. The minimum absolute atomic E-state index is 0.0609. The molecule has 5 nitrogen and oxygen atoms in total. The summed E-state index contributed by atoms with van der Waals surface area (Å²) in [6.45, 7) is 0.381. The molecule has 0 unspecified atom stereocenters. The van der Waals surface area contributed by atoms with Gasteiger partial charge >= 0.3 is 5.97 Å². The second kappa shape index (κ2) is 3.86. The molecule has 2 heterocycles. The van der Waals surface area contributed by atoms with Crippen LogP contribution >= 0.6 is 11.6 Å². The van der Waals surface area contributed by atoms with E-state index in [0.29, 0.717) is 12.2 Å². The number of hydrogen-bond donors (Lipinski definition) is 1. The number of halogens is 1. The van der Waals surface area contributed by atoms with Crippen LogP contribution in [0.3, 0.4) is 0 Å². The molecular formula is C9H8ClN3O2. The van der Waals surface area contributed by atoms with Crippen LogP contribution in [0.25, 0.3) is 11.0 Å². The second-order valence-electron chi connectivity index (χ2n) is 3.07. The average molecular weight is 226 g/mol. The van der Waals surface area contributed by atoms with E-state index < -0.39 is 5.97 Å². The molecule has 2 aromatic rings. The lowest BCUT2D eigenvalue weighted by Gasteiger charge is -2.01. The van der Waals surface area contributed by atoms with E-state index in [1.807, 2.05) is 6.07 Å². The summed E-state index contributed by atoms with van der Waals surface area (Å²) in [6, 6.07) is 1.83. The van der Waals surface area contributed by atoms with Gasteiger partial charge in [-0.25, -0.2) is 4.98 Å². The van der Waals surface area contributed by atoms with Crippen molar-refractivity contribution in [1.82, 2.24) is 14.5 Å². The number of aromatic nitrogens is 3. The van der Waals surface area contributed by atoms with Crippen molar-refractivity contribution in [3.05, 3.63) is 23.7 Å². The van der Waals surface area contributed by atoms with Crippen LogP contribution in [0.15, 0.2) is 18.5 Å². The van der Waals surface area contributed by atoms with E-state index in [-0.39, 0.29) is 11.7 Å². The zero-order valence-electron chi connectivity index (χ0n) is 7.72. The maximum Gasteiger partial charge on any atom is 0.305 e. The monoisotopic (exact) mass is 225 g/mol. The number of nitrogens with zero attached hydrogens (tertiary/aromatic N) is 3. The fourth-order valence-electron chi connectivity index (χ4n) is 1.35. The SMILES string of the molecule is O=C(O)CCn1ccc2cnc(Cl)nc21. The number of carboxylic acids is 1. The number of aliphatic carboxylic acids is 1. The van der Waals surface area contributed by atoms with E-state index in [1.165, 1.54) is 0 Å². The Bertz CT molecular complexity index is 509. The van der Waals surface area contributed by atoms with Gasteiger partial charge in [0.2, 0.25) is 5.28 Å². The van der Waals surface area contributed by atoms with Crippen molar-refractivity contribution < 1.29 is 9.90 Å². The van der Waals surface area contributed by atoms with Crippen LogP contribution in [-0.2, 0) is 11.3 Å². The highest BCUT2D eigenvalue weighted by molar-refractivity contribution is 6.28. The van der Waals surface area contributed by atoms with Gasteiger partial charge in [0.25, 0.3) is 0 Å². The van der Waals surface area contributed by atoms with Gasteiger partial charge in [-0.2, -0.15) is 4.98 Å². The van der Waals surface area contributed by atoms with Gasteiger partial charge < -0.3 is 9.67 Å². The lowest BCUT2D eigenvalue weighted by Crippen LogP contribution is -2.04. The van der Waals surface area contributed by atoms with Crippen molar-refractivity contribution in [3.8, 4) is 0 Å². The summed E-state index contributed by atoms with van der Waals surface area (Å²) in [5.41, 5.74) is 0.663. The molecule has 0 aliphatic heterocycles. The van der Waals surface area contributed by atoms with Gasteiger partial charge in [0.1, 0.15) is 5.65 Å². The Kier molecular flexibility index (Phi) is 2.55. The van der Waals surface area contributed by atoms with Crippen LogP contribution in [0.5, 0.6) is 0 Å². The van der Waals surface area contributed by atoms with Crippen LogP contribution in [0.4, 0.5) is 0 Å². The van der Waals surface area contributed by atoms with Crippen LogP contribution in [0.2, 0.25) is 5.28 Å². The second-order valence-corrected chi connectivity index (χ2v) is 3.41. The third-order valence-electron chi connectivity index (χ3n) is 2.04. The average Bonchev–Trinajstić information content (AvgIpc) is 2.57. The topological polar surface area (TPSA) is 68.0 Å². The summed E-state index contributed by atoms with van der Waals surface area (Å²) in [5, 5.41) is 9.58. The highest BCUT2D eigenvalue weighted by atomic mass is 35.5. The van der Waals surface area contributed by atoms with Gasteiger partial charge in [-0.1, -0.05) is 0 Å². The van der Waals surface area contributed by atoms with Gasteiger partial charge in [-0.15, -0.1) is 0 Å². The van der Waals surface area contributed by atoms with Crippen molar-refractivity contribution in [2.45, 2.75) is 13.0 Å². The van der Waals surface area contributed by atoms with Crippen LogP contribution in [0.1, 0.15) is 6.42 Å². The molecule has 0 saturated heterocycles. The van der Waals surface area contributed by atoms with Crippen molar-refractivity contribution in [2.75, 3.05) is 0 Å². The van der Waals surface area contributed by atoms with Gasteiger partial charge in [-0.05, 0) is 17.7 Å². The van der Waals surface area contributed by atoms with Crippen molar-refractivity contribution >= 4 is 28.6 Å². The summed E-state index contributed by atoms with van der Waals surface area (Å²) < 4.78 is 1.75. The van der Waals surface area contributed by atoms with Gasteiger partial charge in [0.05, 0.1) is 6.42 Å². The van der Waals surface area contributed by atoms with E-state index in [9.17, 15) is 4.79 Å². The molecule has 0 radical (unpaired) electrons. The fourth-order valence-corrected chi connectivity index (χ4v) is 1.48. The Balaban J connectivity index is 2.35. The van der Waals surface area contributed by atoms with Gasteiger partial charge in [0, 0.05) is 24.3 Å². The molecule has 0 saturated carbocycles. The molecule has 0 aliphatic rings. The molecule has 78 valence electrons. The van der Waals surface area contributed by atoms with E-state index in [0.717, 1.165) is 5.39 Å². The predicted molar refractivity (Wildman–Crippen MR) is 54.8 cm³/mol. The normalized spacial score (nSPS) is 10.7. The Labute approximate surface area is 90.3 Å². The number of fused-ring (bicyclic) bond motifs is 1. The maximum absolute atomic E-state index is 10.4. The lowest BCUT2D eigenvalue weighted by atomic mass is 10.4. The summed E-state index contributed by atoms with van der Waals surface area (Å²) in [6.07, 6.45) is 3.45. The first-order chi connectivity index (χ1) is 7.16. The molecule has 0 aromatic carbocycles. The first kappa shape index (κ1) is 9.92. The van der Waals surface area contributed by atoms with Crippen molar-refractivity contribution in [3.63, 3.8) is 0 Å². The quantitative estimate of drug-likeness (QED) is 0.805. The molecule has 0 spiro atoms. The Morgan fingerprint density at radius 1 is 1.60 bits per heavy atom. The molecule has 0 atom stereocenters. The zero-order chi connectivity index (χ0) is 10.8. The van der Waals surface area contributed by atoms with E-state index >= 15 is 0 Å². The van der Waals surface area contributed by atoms with Crippen LogP contribution in [-0.4, -0.2) is 25.6 Å². The molecule has 0 amide bonds. The van der Waals surface area contributed by atoms with Crippen LogP contribution in [0, 0.1) is 0 Å². The van der Waals surface area contributed by atoms with Gasteiger partial charge in [-0.3, -0.25) is 4.79 Å². The van der Waals surface area contributed by atoms with Crippen molar-refractivity contribution in [1.29, 1.82) is 0 Å². The molecule has 0 bridgehead atoms. The highest BCUT2D eigenvalue weighted by Crippen LogP contribution is 2.14. The number of carbonyl (C=O) groups is 1. The largest absolute Gasteiger partial charge is 0.481 e. The maximum atomic E-state index is 10.4. The third-order valence-corrected chi connectivity index (χ3v) is 2.22. The number of hydrogen-bond acceptors (Lipinski definition) is 3. The minimum Gasteiger partial charge on any atom is -0.481 e.